The van der Waals surface area contributed by atoms with Crippen LogP contribution in [0.3, 0.4) is 0 Å². The van der Waals surface area contributed by atoms with Gasteiger partial charge in [0.15, 0.2) is 0 Å². The molecule has 3 aromatic heterocycles. The van der Waals surface area contributed by atoms with Crippen molar-refractivity contribution in [3.05, 3.63) is 108 Å². The fraction of sp³-hybridized carbons (Fsp3) is 0.100. The van der Waals surface area contributed by atoms with Crippen LogP contribution in [0.2, 0.25) is 0 Å². The summed E-state index contributed by atoms with van der Waals surface area (Å²) in [5, 5.41) is 3.47. The van der Waals surface area contributed by atoms with Crippen LogP contribution >= 0.6 is 0 Å². The zero-order valence-corrected chi connectivity index (χ0v) is 25.4. The van der Waals surface area contributed by atoms with Gasteiger partial charge >= 0.3 is 20.1 Å². The van der Waals surface area contributed by atoms with Gasteiger partial charge in [0.25, 0.3) is 0 Å². The van der Waals surface area contributed by atoms with E-state index in [1.165, 1.54) is 16.7 Å². The maximum atomic E-state index is 5.15. The molecule has 6 aromatic rings. The summed E-state index contributed by atoms with van der Waals surface area (Å²) in [6, 6.07) is 23.8. The van der Waals surface area contributed by atoms with E-state index in [0.717, 1.165) is 47.4 Å². The summed E-state index contributed by atoms with van der Waals surface area (Å²) in [6.07, 6.45) is 5.40. The first-order valence-electron chi connectivity index (χ1n) is 11.4. The van der Waals surface area contributed by atoms with Crippen molar-refractivity contribution in [2.45, 2.75) is 35.5 Å². The van der Waals surface area contributed by atoms with Crippen LogP contribution in [0.25, 0.3) is 32.7 Å². The second-order valence-electron chi connectivity index (χ2n) is 8.34. The van der Waals surface area contributed by atoms with Crippen LogP contribution in [-0.4, -0.2) is 15.0 Å². The van der Waals surface area contributed by atoms with E-state index in [1.54, 1.807) is 18.6 Å². The number of para-hydroxylation sites is 3. The standard InChI is InChI=1S/3C10H9NS.Ir/c3*1-7-5-6-11-10-8(7)3-2-4-9(10)12;/h3*2-6,12H,1H3;/q;;;+3/p-3. The predicted molar refractivity (Wildman–Crippen MR) is 156 cm³/mol. The molecule has 6 rings (SSSR count). The summed E-state index contributed by atoms with van der Waals surface area (Å²) >= 11 is 15.5. The minimum Gasteiger partial charge on any atom is -0.778 e. The van der Waals surface area contributed by atoms with Crippen LogP contribution in [0.4, 0.5) is 0 Å². The van der Waals surface area contributed by atoms with Gasteiger partial charge in [0, 0.05) is 34.7 Å². The minimum atomic E-state index is 0. The van der Waals surface area contributed by atoms with Crippen molar-refractivity contribution in [2.24, 2.45) is 0 Å². The van der Waals surface area contributed by atoms with Crippen LogP contribution in [0, 0.1) is 20.8 Å². The summed E-state index contributed by atoms with van der Waals surface area (Å²) in [5.74, 6) is 0. The van der Waals surface area contributed by atoms with Crippen molar-refractivity contribution < 1.29 is 20.1 Å². The van der Waals surface area contributed by atoms with Gasteiger partial charge in [0.2, 0.25) is 0 Å². The molecule has 0 bridgehead atoms. The summed E-state index contributed by atoms with van der Waals surface area (Å²) in [6.45, 7) is 6.20. The second kappa shape index (κ2) is 13.1. The molecule has 3 heterocycles. The first kappa shape index (κ1) is 28.8. The molecule has 0 amide bonds. The molecule has 0 unspecified atom stereocenters. The number of hydrogen-bond acceptors (Lipinski definition) is 6. The van der Waals surface area contributed by atoms with E-state index in [9.17, 15) is 0 Å². The molecule has 3 nitrogen and oxygen atoms in total. The van der Waals surface area contributed by atoms with Crippen LogP contribution in [0.5, 0.6) is 0 Å². The Bertz CT molecular complexity index is 1350. The van der Waals surface area contributed by atoms with Crippen LogP contribution in [-0.2, 0) is 58.0 Å². The minimum absolute atomic E-state index is 0. The SMILES string of the molecule is Cc1ccnc2c([S-])cccc12.Cc1ccnc2c([S-])cccc12.Cc1ccnc2c([S-])cccc12.[Ir+3]. The number of nitrogens with zero attached hydrogens (tertiary/aromatic N) is 3. The molecular weight excluding hydrogens is 691 g/mol. The molecule has 3 aromatic carbocycles. The smallest absolute Gasteiger partial charge is 0.778 e. The Morgan fingerprint density at radius 3 is 0.946 bits per heavy atom. The van der Waals surface area contributed by atoms with E-state index in [1.807, 2.05) is 72.8 Å². The number of fused-ring (bicyclic) bond motifs is 3. The van der Waals surface area contributed by atoms with Gasteiger partial charge in [-0.1, -0.05) is 54.6 Å². The number of hydrogen-bond donors (Lipinski definition) is 0. The predicted octanol–water partition coefficient (Wildman–Crippen LogP) is 7.34. The largest absolute Gasteiger partial charge is 3.00 e. The Kier molecular flexibility index (Phi) is 10.2. The number of benzene rings is 3. The third-order valence-corrected chi connectivity index (χ3v) is 6.84. The van der Waals surface area contributed by atoms with Crippen molar-refractivity contribution in [2.75, 3.05) is 0 Å². The zero-order valence-electron chi connectivity index (χ0n) is 20.6. The van der Waals surface area contributed by atoms with Crippen LogP contribution in [0.15, 0.2) is 106 Å². The molecule has 0 aliphatic heterocycles. The molecule has 0 radical (unpaired) electrons. The number of rotatable bonds is 0. The third kappa shape index (κ3) is 6.75. The molecule has 0 saturated heterocycles. The molecule has 0 atom stereocenters. The zero-order chi connectivity index (χ0) is 25.7. The van der Waals surface area contributed by atoms with Crippen molar-refractivity contribution >= 4 is 70.6 Å². The van der Waals surface area contributed by atoms with Gasteiger partial charge in [-0.2, -0.15) is 0 Å². The number of aryl methyl sites for hydroxylation is 3. The van der Waals surface area contributed by atoms with Gasteiger partial charge in [0.1, 0.15) is 0 Å². The molecule has 0 aliphatic carbocycles. The number of aromatic nitrogens is 3. The molecule has 7 heteroatoms. The van der Waals surface area contributed by atoms with Gasteiger partial charge < -0.3 is 37.9 Å². The van der Waals surface area contributed by atoms with Crippen molar-refractivity contribution in [1.29, 1.82) is 0 Å². The molecule has 0 spiro atoms. The number of pyridine rings is 3. The van der Waals surface area contributed by atoms with Gasteiger partial charge in [-0.05, 0) is 55.7 Å². The van der Waals surface area contributed by atoms with E-state index in [0.29, 0.717) is 0 Å². The van der Waals surface area contributed by atoms with E-state index < -0.39 is 0 Å². The topological polar surface area (TPSA) is 38.7 Å². The van der Waals surface area contributed by atoms with Gasteiger partial charge in [0.05, 0.1) is 16.6 Å². The molecule has 0 aliphatic rings. The summed E-state index contributed by atoms with van der Waals surface area (Å²) < 4.78 is 0. The molecule has 186 valence electrons. The molecule has 0 N–H and O–H groups in total. The molecule has 0 fully saturated rings. The van der Waals surface area contributed by atoms with E-state index in [2.05, 4.69) is 35.7 Å². The van der Waals surface area contributed by atoms with E-state index in [4.69, 9.17) is 37.9 Å². The Hall–Kier alpha value is -2.80. The quantitative estimate of drug-likeness (QED) is 0.153. The van der Waals surface area contributed by atoms with Gasteiger partial charge in [-0.15, -0.1) is 14.7 Å². The monoisotopic (exact) mass is 715 g/mol. The van der Waals surface area contributed by atoms with Crippen molar-refractivity contribution in [3.63, 3.8) is 0 Å². The molecule has 37 heavy (non-hydrogen) atoms. The van der Waals surface area contributed by atoms with Gasteiger partial charge in [-0.3, -0.25) is 15.0 Å². The molecular formula is C30H24IrN3S3. The maximum absolute atomic E-state index is 5.15. The average Bonchev–Trinajstić information content (AvgIpc) is 2.87. The second-order valence-corrected chi connectivity index (χ2v) is 9.66. The fourth-order valence-corrected chi connectivity index (χ4v) is 4.58. The third-order valence-electron chi connectivity index (χ3n) is 5.86. The van der Waals surface area contributed by atoms with Crippen LogP contribution in [0.1, 0.15) is 16.7 Å². The first-order valence-corrected chi connectivity index (χ1v) is 12.6. The Morgan fingerprint density at radius 1 is 0.432 bits per heavy atom. The average molecular weight is 715 g/mol. The van der Waals surface area contributed by atoms with Crippen molar-refractivity contribution in [3.8, 4) is 0 Å². The first-order chi connectivity index (χ1) is 17.4. The molecule has 0 saturated carbocycles. The normalized spacial score (nSPS) is 10.1. The van der Waals surface area contributed by atoms with Gasteiger partial charge in [-0.25, -0.2) is 0 Å². The Labute approximate surface area is 247 Å². The van der Waals surface area contributed by atoms with Crippen LogP contribution < -0.4 is 0 Å². The van der Waals surface area contributed by atoms with E-state index in [-0.39, 0.29) is 20.1 Å². The Morgan fingerprint density at radius 2 is 0.703 bits per heavy atom. The van der Waals surface area contributed by atoms with E-state index >= 15 is 0 Å². The van der Waals surface area contributed by atoms with Crippen molar-refractivity contribution in [1.82, 2.24) is 15.0 Å². The summed E-state index contributed by atoms with van der Waals surface area (Å²) in [7, 11) is 0. The summed E-state index contributed by atoms with van der Waals surface area (Å²) in [4.78, 5) is 15.2. The Balaban J connectivity index is 0.000000152. The maximum Gasteiger partial charge on any atom is 3.00 e. The fourth-order valence-electron chi connectivity index (χ4n) is 3.86. The summed E-state index contributed by atoms with van der Waals surface area (Å²) in [5.41, 5.74) is 6.50.